The number of hydrogen-bond donors (Lipinski definition) is 3. The molecule has 3 amide bonds. The third-order valence-electron chi connectivity index (χ3n) is 3.44. The number of anilines is 1. The number of halogens is 3. The van der Waals surface area contributed by atoms with E-state index in [0.717, 1.165) is 12.1 Å². The van der Waals surface area contributed by atoms with Crippen molar-refractivity contribution < 1.29 is 22.8 Å². The van der Waals surface area contributed by atoms with Gasteiger partial charge in [-0.05, 0) is 24.3 Å². The van der Waals surface area contributed by atoms with E-state index in [2.05, 4.69) is 27.8 Å². The Balaban J connectivity index is 2.00. The number of alkyl halides is 3. The van der Waals surface area contributed by atoms with Crippen molar-refractivity contribution in [2.45, 2.75) is 6.18 Å². The standard InChI is InChI=1S/C19H16F3N3O2/c1-23-17(26)14-9-3-2-7-13(14)8-6-12-24-18(27)25-16-11-5-4-10-15(16)19(20,21)22/h2-5,7,9-11H,12H2,1H3,(H,23,26)(H2,24,25,27). The molecule has 0 aliphatic carbocycles. The summed E-state index contributed by atoms with van der Waals surface area (Å²) in [5.74, 6) is 5.11. The zero-order valence-corrected chi connectivity index (χ0v) is 14.3. The van der Waals surface area contributed by atoms with E-state index in [1.165, 1.54) is 19.2 Å². The average molecular weight is 375 g/mol. The van der Waals surface area contributed by atoms with Gasteiger partial charge in [0.05, 0.1) is 23.4 Å². The second-order valence-corrected chi connectivity index (χ2v) is 5.28. The maximum Gasteiger partial charge on any atom is 0.418 e. The molecule has 0 radical (unpaired) electrons. The van der Waals surface area contributed by atoms with Crippen molar-refractivity contribution in [3.63, 3.8) is 0 Å². The molecule has 0 saturated carbocycles. The molecule has 3 N–H and O–H groups in total. The molecule has 0 bridgehead atoms. The maximum absolute atomic E-state index is 12.9. The summed E-state index contributed by atoms with van der Waals surface area (Å²) in [5.41, 5.74) is -0.427. The summed E-state index contributed by atoms with van der Waals surface area (Å²) < 4.78 is 38.7. The highest BCUT2D eigenvalue weighted by Gasteiger charge is 2.33. The number of para-hydroxylation sites is 1. The third-order valence-corrected chi connectivity index (χ3v) is 3.44. The number of urea groups is 1. The third kappa shape index (κ3) is 5.51. The minimum atomic E-state index is -4.58. The van der Waals surface area contributed by atoms with Crippen LogP contribution < -0.4 is 16.0 Å². The Hall–Kier alpha value is -3.47. The lowest BCUT2D eigenvalue weighted by molar-refractivity contribution is -0.136. The highest BCUT2D eigenvalue weighted by molar-refractivity contribution is 5.96. The van der Waals surface area contributed by atoms with Crippen LogP contribution in [0.25, 0.3) is 0 Å². The highest BCUT2D eigenvalue weighted by atomic mass is 19.4. The minimum Gasteiger partial charge on any atom is -0.355 e. The molecule has 0 spiro atoms. The van der Waals surface area contributed by atoms with Crippen molar-refractivity contribution in [2.24, 2.45) is 0 Å². The lowest BCUT2D eigenvalue weighted by Crippen LogP contribution is -2.30. The predicted molar refractivity (Wildman–Crippen MR) is 95.2 cm³/mol. The zero-order chi connectivity index (χ0) is 19.9. The van der Waals surface area contributed by atoms with Crippen LogP contribution in [0.2, 0.25) is 0 Å². The number of benzene rings is 2. The molecule has 0 fully saturated rings. The van der Waals surface area contributed by atoms with Crippen molar-refractivity contribution >= 4 is 17.6 Å². The van der Waals surface area contributed by atoms with E-state index < -0.39 is 17.8 Å². The van der Waals surface area contributed by atoms with Gasteiger partial charge in [0.15, 0.2) is 0 Å². The van der Waals surface area contributed by atoms with Crippen molar-refractivity contribution in [1.29, 1.82) is 0 Å². The molecule has 27 heavy (non-hydrogen) atoms. The van der Waals surface area contributed by atoms with Gasteiger partial charge >= 0.3 is 12.2 Å². The monoisotopic (exact) mass is 375 g/mol. The van der Waals surface area contributed by atoms with Crippen LogP contribution in [0.5, 0.6) is 0 Å². The van der Waals surface area contributed by atoms with Crippen LogP contribution in [0, 0.1) is 11.8 Å². The molecule has 0 aliphatic rings. The van der Waals surface area contributed by atoms with E-state index in [-0.39, 0.29) is 18.1 Å². The van der Waals surface area contributed by atoms with Crippen LogP contribution in [0.4, 0.5) is 23.7 Å². The zero-order valence-electron chi connectivity index (χ0n) is 14.3. The fraction of sp³-hybridized carbons (Fsp3) is 0.158. The largest absolute Gasteiger partial charge is 0.418 e. The molecule has 5 nitrogen and oxygen atoms in total. The average Bonchev–Trinajstić information content (AvgIpc) is 2.64. The highest BCUT2D eigenvalue weighted by Crippen LogP contribution is 2.34. The van der Waals surface area contributed by atoms with Crippen LogP contribution in [-0.2, 0) is 6.18 Å². The summed E-state index contributed by atoms with van der Waals surface area (Å²) in [6, 6.07) is 10.5. The summed E-state index contributed by atoms with van der Waals surface area (Å²) in [7, 11) is 1.50. The van der Waals surface area contributed by atoms with Crippen molar-refractivity contribution in [2.75, 3.05) is 18.9 Å². The molecule has 0 aliphatic heterocycles. The maximum atomic E-state index is 12.9. The van der Waals surface area contributed by atoms with Crippen LogP contribution in [-0.4, -0.2) is 25.5 Å². The van der Waals surface area contributed by atoms with Crippen molar-refractivity contribution in [1.82, 2.24) is 10.6 Å². The van der Waals surface area contributed by atoms with E-state index in [1.54, 1.807) is 24.3 Å². The van der Waals surface area contributed by atoms with Gasteiger partial charge in [-0.1, -0.05) is 36.1 Å². The molecule has 2 aromatic carbocycles. The van der Waals surface area contributed by atoms with Gasteiger partial charge in [0.1, 0.15) is 0 Å². The molecular formula is C19H16F3N3O2. The number of carbonyl (C=O) groups is 2. The first-order chi connectivity index (χ1) is 12.8. The molecule has 0 unspecified atom stereocenters. The summed E-state index contributed by atoms with van der Waals surface area (Å²) in [4.78, 5) is 23.5. The molecule has 0 aromatic heterocycles. The molecule has 0 saturated heterocycles. The normalized spacial score (nSPS) is 10.4. The first-order valence-electron chi connectivity index (χ1n) is 7.84. The van der Waals surface area contributed by atoms with Gasteiger partial charge in [-0.2, -0.15) is 13.2 Å². The molecule has 140 valence electrons. The van der Waals surface area contributed by atoms with Crippen LogP contribution in [0.3, 0.4) is 0 Å². The molecule has 0 heterocycles. The smallest absolute Gasteiger partial charge is 0.355 e. The Morgan fingerprint density at radius 2 is 1.70 bits per heavy atom. The van der Waals surface area contributed by atoms with Gasteiger partial charge < -0.3 is 16.0 Å². The quantitative estimate of drug-likeness (QED) is 0.721. The van der Waals surface area contributed by atoms with E-state index in [1.807, 2.05) is 0 Å². The Morgan fingerprint density at radius 3 is 2.41 bits per heavy atom. The SMILES string of the molecule is CNC(=O)c1ccccc1C#CCNC(=O)Nc1ccccc1C(F)(F)F. The number of rotatable bonds is 3. The number of hydrogen-bond acceptors (Lipinski definition) is 2. The number of amides is 3. The molecule has 2 aromatic rings. The second kappa shape index (κ2) is 8.76. The first-order valence-corrected chi connectivity index (χ1v) is 7.84. The van der Waals surface area contributed by atoms with Gasteiger partial charge in [0.2, 0.25) is 0 Å². The number of carbonyl (C=O) groups excluding carboxylic acids is 2. The molecule has 8 heteroatoms. The Morgan fingerprint density at radius 1 is 1.04 bits per heavy atom. The fourth-order valence-electron chi connectivity index (χ4n) is 2.19. The lowest BCUT2D eigenvalue weighted by atomic mass is 10.1. The summed E-state index contributed by atoms with van der Waals surface area (Å²) in [6.45, 7) is -0.109. The molecule has 2 rings (SSSR count). The van der Waals surface area contributed by atoms with Crippen LogP contribution in [0.1, 0.15) is 21.5 Å². The first kappa shape index (κ1) is 19.8. The van der Waals surface area contributed by atoms with Crippen LogP contribution >= 0.6 is 0 Å². The van der Waals surface area contributed by atoms with Crippen molar-refractivity contribution in [3.8, 4) is 11.8 Å². The van der Waals surface area contributed by atoms with Gasteiger partial charge in [-0.15, -0.1) is 0 Å². The fourth-order valence-corrected chi connectivity index (χ4v) is 2.19. The van der Waals surface area contributed by atoms with Gasteiger partial charge in [-0.25, -0.2) is 4.79 Å². The van der Waals surface area contributed by atoms with Gasteiger partial charge in [-0.3, -0.25) is 4.79 Å². The van der Waals surface area contributed by atoms with E-state index in [4.69, 9.17) is 0 Å². The number of nitrogens with one attached hydrogen (secondary N) is 3. The lowest BCUT2D eigenvalue weighted by Gasteiger charge is -2.13. The summed E-state index contributed by atoms with van der Waals surface area (Å²) in [5, 5.41) is 7.00. The Kier molecular flexibility index (Phi) is 6.44. The van der Waals surface area contributed by atoms with E-state index in [0.29, 0.717) is 11.1 Å². The van der Waals surface area contributed by atoms with E-state index in [9.17, 15) is 22.8 Å². The second-order valence-electron chi connectivity index (χ2n) is 5.28. The molecule has 0 atom stereocenters. The van der Waals surface area contributed by atoms with Crippen LogP contribution in [0.15, 0.2) is 48.5 Å². The van der Waals surface area contributed by atoms with Crippen molar-refractivity contribution in [3.05, 3.63) is 65.2 Å². The van der Waals surface area contributed by atoms with Gasteiger partial charge in [0.25, 0.3) is 5.91 Å². The van der Waals surface area contributed by atoms with E-state index >= 15 is 0 Å². The Labute approximate surface area is 154 Å². The minimum absolute atomic E-state index is 0.109. The topological polar surface area (TPSA) is 70.2 Å². The predicted octanol–water partition coefficient (Wildman–Crippen LogP) is 3.24. The summed E-state index contributed by atoms with van der Waals surface area (Å²) >= 11 is 0. The molecular weight excluding hydrogens is 359 g/mol. The Bertz CT molecular complexity index is 899. The summed E-state index contributed by atoms with van der Waals surface area (Å²) in [6.07, 6.45) is -4.58. The van der Waals surface area contributed by atoms with Gasteiger partial charge in [0, 0.05) is 12.6 Å².